The summed E-state index contributed by atoms with van der Waals surface area (Å²) < 4.78 is 55.8. The number of amides is 1. The fourth-order valence-corrected chi connectivity index (χ4v) is 3.15. The summed E-state index contributed by atoms with van der Waals surface area (Å²) in [5, 5.41) is 5.12. The Kier molecular flexibility index (Phi) is 5.91. The van der Waals surface area contributed by atoms with Gasteiger partial charge in [0.2, 0.25) is 0 Å². The zero-order valence-corrected chi connectivity index (χ0v) is 16.1. The van der Waals surface area contributed by atoms with Gasteiger partial charge in [-0.2, -0.15) is 18.9 Å². The molecule has 0 radical (unpaired) electrons. The molecule has 0 saturated carbocycles. The summed E-state index contributed by atoms with van der Waals surface area (Å²) in [6, 6.07) is 10.7. The third-order valence-electron chi connectivity index (χ3n) is 4.57. The van der Waals surface area contributed by atoms with Crippen molar-refractivity contribution in [3.05, 3.63) is 59.7 Å². The van der Waals surface area contributed by atoms with Crippen LogP contribution in [0.4, 0.5) is 23.2 Å². The van der Waals surface area contributed by atoms with Crippen molar-refractivity contribution in [1.29, 1.82) is 0 Å². The second kappa shape index (κ2) is 8.25. The van der Waals surface area contributed by atoms with E-state index in [0.29, 0.717) is 5.56 Å². The van der Waals surface area contributed by atoms with E-state index in [2.05, 4.69) is 9.84 Å². The Bertz CT molecular complexity index is 984. The molecule has 1 unspecified atom stereocenters. The highest BCUT2D eigenvalue weighted by Crippen LogP contribution is 2.29. The quantitative estimate of drug-likeness (QED) is 0.486. The predicted octanol–water partition coefficient (Wildman–Crippen LogP) is 4.55. The summed E-state index contributed by atoms with van der Waals surface area (Å²) in [5.74, 6) is -5.35. The first-order valence-corrected chi connectivity index (χ1v) is 9.00. The number of nitrogens with zero attached hydrogens (tertiary/aromatic N) is 2. The van der Waals surface area contributed by atoms with Crippen molar-refractivity contribution < 1.29 is 31.9 Å². The highest BCUT2D eigenvalue weighted by atomic mass is 19.3. The van der Waals surface area contributed by atoms with E-state index < -0.39 is 30.1 Å². The molecule has 0 aliphatic carbocycles. The number of Topliss-reactive ketones (excluding diaryl/α,β-unsaturated/α-hetero) is 1. The Morgan fingerprint density at radius 1 is 1.20 bits per heavy atom. The highest BCUT2D eigenvalue weighted by molar-refractivity contribution is 6.27. The number of halogens is 4. The van der Waals surface area contributed by atoms with Crippen LogP contribution in [0.25, 0.3) is 0 Å². The van der Waals surface area contributed by atoms with Gasteiger partial charge in [-0.25, -0.2) is 8.78 Å². The molecule has 1 heterocycles. The van der Waals surface area contributed by atoms with Crippen LogP contribution in [-0.4, -0.2) is 24.0 Å². The van der Waals surface area contributed by atoms with E-state index in [1.165, 1.54) is 49.4 Å². The van der Waals surface area contributed by atoms with Crippen molar-refractivity contribution in [2.45, 2.75) is 32.8 Å². The van der Waals surface area contributed by atoms with Crippen LogP contribution in [0.3, 0.4) is 0 Å². The van der Waals surface area contributed by atoms with Crippen LogP contribution < -0.4 is 9.75 Å². The summed E-state index contributed by atoms with van der Waals surface area (Å²) in [6.45, 7) is -0.691. The Hall–Kier alpha value is -3.23. The topological polar surface area (TPSA) is 59.0 Å². The van der Waals surface area contributed by atoms with E-state index in [-0.39, 0.29) is 29.1 Å². The van der Waals surface area contributed by atoms with Crippen LogP contribution in [0.5, 0.6) is 5.75 Å². The second-order valence-electron chi connectivity index (χ2n) is 6.93. The number of carbonyl (C=O) groups is 2. The van der Waals surface area contributed by atoms with Crippen LogP contribution in [0, 0.1) is 5.92 Å². The normalized spacial score (nSPS) is 16.8. The molecule has 1 amide bonds. The number of alkyl halides is 4. The van der Waals surface area contributed by atoms with Gasteiger partial charge in [0.05, 0.1) is 11.4 Å². The van der Waals surface area contributed by atoms with Crippen LogP contribution in [-0.2, 0) is 21.9 Å². The summed E-state index contributed by atoms with van der Waals surface area (Å²) in [7, 11) is 0. The van der Waals surface area contributed by atoms with Gasteiger partial charge in [-0.3, -0.25) is 9.59 Å². The molecule has 1 atom stereocenters. The molecule has 158 valence electrons. The molecule has 0 spiro atoms. The number of ketones is 1. The lowest BCUT2D eigenvalue weighted by molar-refractivity contribution is -0.128. The molecule has 0 bridgehead atoms. The summed E-state index contributed by atoms with van der Waals surface area (Å²) in [4.78, 5) is 25.5. The SMILES string of the molecule is CC1=NN(c2ccc(OC(F)F)cc2)C(=O)C1C(=O)Cc1cccc(C(C)(F)F)c1. The molecule has 1 aliphatic rings. The molecule has 0 fully saturated rings. The van der Waals surface area contributed by atoms with E-state index in [4.69, 9.17) is 0 Å². The largest absolute Gasteiger partial charge is 0.435 e. The fourth-order valence-electron chi connectivity index (χ4n) is 3.15. The average Bonchev–Trinajstić information content (AvgIpc) is 2.95. The molecule has 30 heavy (non-hydrogen) atoms. The number of hydrogen-bond acceptors (Lipinski definition) is 4. The molecule has 3 rings (SSSR count). The Balaban J connectivity index is 1.74. The molecular formula is C21H18F4N2O3. The van der Waals surface area contributed by atoms with Crippen molar-refractivity contribution in [2.75, 3.05) is 5.01 Å². The number of carbonyl (C=O) groups excluding carboxylic acids is 2. The maximum absolute atomic E-state index is 13.5. The lowest BCUT2D eigenvalue weighted by Gasteiger charge is -2.15. The van der Waals surface area contributed by atoms with E-state index in [1.54, 1.807) is 6.07 Å². The van der Waals surface area contributed by atoms with E-state index in [9.17, 15) is 27.2 Å². The number of hydrogen-bond donors (Lipinski definition) is 0. The van der Waals surface area contributed by atoms with Crippen molar-refractivity contribution in [3.63, 3.8) is 0 Å². The zero-order chi connectivity index (χ0) is 22.1. The third kappa shape index (κ3) is 4.67. The minimum atomic E-state index is -3.05. The Morgan fingerprint density at radius 3 is 2.47 bits per heavy atom. The maximum Gasteiger partial charge on any atom is 0.387 e. The Labute approximate surface area is 169 Å². The van der Waals surface area contributed by atoms with Gasteiger partial charge in [0.25, 0.3) is 11.8 Å². The number of benzene rings is 2. The second-order valence-corrected chi connectivity index (χ2v) is 6.93. The predicted molar refractivity (Wildman–Crippen MR) is 102 cm³/mol. The summed E-state index contributed by atoms with van der Waals surface area (Å²) >= 11 is 0. The first-order chi connectivity index (χ1) is 14.1. The summed E-state index contributed by atoms with van der Waals surface area (Å²) in [5.41, 5.74) is 0.689. The molecule has 5 nitrogen and oxygen atoms in total. The van der Waals surface area contributed by atoms with Gasteiger partial charge in [-0.1, -0.05) is 18.2 Å². The van der Waals surface area contributed by atoms with E-state index in [1.807, 2.05) is 0 Å². The van der Waals surface area contributed by atoms with Crippen LogP contribution in [0.1, 0.15) is 25.0 Å². The van der Waals surface area contributed by atoms with Crippen molar-refractivity contribution >= 4 is 23.1 Å². The number of anilines is 1. The first kappa shape index (κ1) is 21.5. The van der Waals surface area contributed by atoms with E-state index >= 15 is 0 Å². The average molecular weight is 422 g/mol. The minimum absolute atomic E-state index is 0.0821. The lowest BCUT2D eigenvalue weighted by Crippen LogP contribution is -2.33. The monoisotopic (exact) mass is 422 g/mol. The van der Waals surface area contributed by atoms with Gasteiger partial charge in [0, 0.05) is 18.9 Å². The van der Waals surface area contributed by atoms with Crippen LogP contribution in [0.15, 0.2) is 53.6 Å². The fraction of sp³-hybridized carbons (Fsp3) is 0.286. The van der Waals surface area contributed by atoms with E-state index in [0.717, 1.165) is 11.9 Å². The number of hydrazone groups is 1. The molecule has 2 aromatic carbocycles. The highest BCUT2D eigenvalue weighted by Gasteiger charge is 2.39. The molecule has 9 heteroatoms. The molecule has 0 saturated heterocycles. The Morgan fingerprint density at radius 2 is 1.87 bits per heavy atom. The smallest absolute Gasteiger partial charge is 0.387 e. The standard InChI is InChI=1S/C21H18F4N2O3/c1-12-18(17(28)11-13-4-3-5-14(10-13)21(2,24)25)19(29)27(26-12)15-6-8-16(9-7-15)30-20(22)23/h3-10,18,20H,11H2,1-2H3. The van der Waals surface area contributed by atoms with Gasteiger partial charge >= 0.3 is 6.61 Å². The van der Waals surface area contributed by atoms with Crippen molar-refractivity contribution in [1.82, 2.24) is 0 Å². The van der Waals surface area contributed by atoms with Crippen molar-refractivity contribution in [2.24, 2.45) is 11.0 Å². The van der Waals surface area contributed by atoms with Crippen molar-refractivity contribution in [3.8, 4) is 5.75 Å². The minimum Gasteiger partial charge on any atom is -0.435 e. The lowest BCUT2D eigenvalue weighted by atomic mass is 9.93. The summed E-state index contributed by atoms with van der Waals surface area (Å²) in [6.07, 6.45) is -0.206. The molecule has 2 aromatic rings. The van der Waals surface area contributed by atoms with Crippen LogP contribution >= 0.6 is 0 Å². The van der Waals surface area contributed by atoms with Gasteiger partial charge in [0.1, 0.15) is 11.7 Å². The third-order valence-corrected chi connectivity index (χ3v) is 4.57. The van der Waals surface area contributed by atoms with Gasteiger partial charge in [-0.15, -0.1) is 0 Å². The van der Waals surface area contributed by atoms with Crippen LogP contribution in [0.2, 0.25) is 0 Å². The van der Waals surface area contributed by atoms with Gasteiger partial charge in [-0.05, 0) is 42.8 Å². The van der Waals surface area contributed by atoms with Gasteiger partial charge < -0.3 is 4.74 Å². The molecule has 0 aromatic heterocycles. The maximum atomic E-state index is 13.5. The zero-order valence-electron chi connectivity index (χ0n) is 16.1. The van der Waals surface area contributed by atoms with Gasteiger partial charge in [0.15, 0.2) is 5.78 Å². The first-order valence-electron chi connectivity index (χ1n) is 9.00. The molecule has 1 aliphatic heterocycles. The number of ether oxygens (including phenoxy) is 1. The molecular weight excluding hydrogens is 404 g/mol. The molecule has 0 N–H and O–H groups in total. The number of rotatable bonds is 7.